The van der Waals surface area contributed by atoms with Gasteiger partial charge in [-0.1, -0.05) is 13.8 Å². The van der Waals surface area contributed by atoms with Gasteiger partial charge in [0.15, 0.2) is 5.96 Å². The van der Waals surface area contributed by atoms with E-state index >= 15 is 0 Å². The molecule has 1 atom stereocenters. The Hall–Kier alpha value is -0.420. The molecule has 2 aliphatic rings. The summed E-state index contributed by atoms with van der Waals surface area (Å²) < 4.78 is 0. The van der Waals surface area contributed by atoms with E-state index in [1.165, 1.54) is 19.3 Å². The van der Waals surface area contributed by atoms with Gasteiger partial charge in [0, 0.05) is 25.4 Å². The van der Waals surface area contributed by atoms with E-state index in [2.05, 4.69) is 31.0 Å². The lowest BCUT2D eigenvalue weighted by atomic mass is 9.82. The lowest BCUT2D eigenvalue weighted by Crippen LogP contribution is -2.43. The van der Waals surface area contributed by atoms with Crippen LogP contribution in [0.1, 0.15) is 46.5 Å². The molecule has 2 fully saturated rings. The zero-order valence-corrected chi connectivity index (χ0v) is 14.6. The number of likely N-dealkylation sites (tertiary alicyclic amines) is 1. The van der Waals surface area contributed by atoms with E-state index in [-0.39, 0.29) is 0 Å². The molecule has 0 bridgehead atoms. The monoisotopic (exact) mass is 313 g/mol. The van der Waals surface area contributed by atoms with Gasteiger partial charge in [0.1, 0.15) is 0 Å². The second kappa shape index (κ2) is 7.23. The van der Waals surface area contributed by atoms with Gasteiger partial charge in [-0.3, -0.25) is 4.99 Å². The van der Waals surface area contributed by atoms with Crippen LogP contribution in [0, 0.1) is 5.41 Å². The van der Waals surface area contributed by atoms with Crippen LogP contribution in [0.15, 0.2) is 4.99 Å². The minimum atomic E-state index is -0.586. The number of hydrogen-bond acceptors (Lipinski definition) is 3. The van der Waals surface area contributed by atoms with E-state index in [0.717, 1.165) is 43.5 Å². The summed E-state index contributed by atoms with van der Waals surface area (Å²) in [6.07, 6.45) is 4.60. The molecule has 5 heteroatoms. The van der Waals surface area contributed by atoms with Crippen LogP contribution in [-0.4, -0.2) is 59.3 Å². The highest BCUT2D eigenvalue weighted by Crippen LogP contribution is 2.37. The second-order valence-corrected chi connectivity index (χ2v) is 7.68. The van der Waals surface area contributed by atoms with Gasteiger partial charge in [0.05, 0.1) is 12.1 Å². The highest BCUT2D eigenvalue weighted by Gasteiger charge is 2.37. The topological polar surface area (TPSA) is 47.9 Å². The van der Waals surface area contributed by atoms with Crippen LogP contribution < -0.4 is 5.32 Å². The minimum Gasteiger partial charge on any atom is -0.387 e. The maximum atomic E-state index is 10.5. The van der Waals surface area contributed by atoms with E-state index in [1.807, 2.05) is 11.8 Å². The second-order valence-electron chi connectivity index (χ2n) is 6.58. The van der Waals surface area contributed by atoms with Gasteiger partial charge in [0.25, 0.3) is 0 Å². The lowest BCUT2D eigenvalue weighted by Gasteiger charge is -2.28. The summed E-state index contributed by atoms with van der Waals surface area (Å²) in [7, 11) is 0. The maximum Gasteiger partial charge on any atom is 0.194 e. The van der Waals surface area contributed by atoms with Crippen molar-refractivity contribution in [1.82, 2.24) is 10.2 Å². The Labute approximate surface area is 133 Å². The van der Waals surface area contributed by atoms with E-state index in [9.17, 15) is 5.11 Å². The third kappa shape index (κ3) is 4.07. The molecular formula is C16H31N3OS. The summed E-state index contributed by atoms with van der Waals surface area (Å²) in [6, 6.07) is 0. The van der Waals surface area contributed by atoms with Crippen LogP contribution in [0.4, 0.5) is 0 Å². The van der Waals surface area contributed by atoms with Crippen molar-refractivity contribution in [3.8, 4) is 0 Å². The number of nitrogens with one attached hydrogen (secondary N) is 1. The predicted octanol–water partition coefficient (Wildman–Crippen LogP) is 2.33. The maximum absolute atomic E-state index is 10.5. The Morgan fingerprint density at radius 3 is 2.57 bits per heavy atom. The SMILES string of the molecule is CCNC(=NCC1(O)CCSC1)N1CCC(CC)(CC)C1. The fourth-order valence-corrected chi connectivity index (χ4v) is 4.60. The molecule has 0 saturated carbocycles. The predicted molar refractivity (Wildman–Crippen MR) is 92.1 cm³/mol. The highest BCUT2D eigenvalue weighted by atomic mass is 32.2. The number of nitrogens with zero attached hydrogens (tertiary/aromatic N) is 2. The molecule has 21 heavy (non-hydrogen) atoms. The Bertz CT molecular complexity index is 363. The molecule has 0 aliphatic carbocycles. The number of thioether (sulfide) groups is 1. The van der Waals surface area contributed by atoms with Gasteiger partial charge in [-0.15, -0.1) is 0 Å². The third-order valence-electron chi connectivity index (χ3n) is 5.18. The van der Waals surface area contributed by atoms with Crippen LogP contribution in [0.3, 0.4) is 0 Å². The number of rotatable bonds is 5. The van der Waals surface area contributed by atoms with Gasteiger partial charge >= 0.3 is 0 Å². The van der Waals surface area contributed by atoms with Crippen molar-refractivity contribution in [2.75, 3.05) is 37.7 Å². The zero-order chi connectivity index (χ0) is 15.3. The van der Waals surface area contributed by atoms with Crippen LogP contribution in [0.25, 0.3) is 0 Å². The molecule has 2 N–H and O–H groups in total. The van der Waals surface area contributed by atoms with Gasteiger partial charge in [-0.05, 0) is 43.8 Å². The number of hydrogen-bond donors (Lipinski definition) is 2. The fourth-order valence-electron chi connectivity index (χ4n) is 3.31. The normalized spacial score (nSPS) is 29.1. The average molecular weight is 314 g/mol. The van der Waals surface area contributed by atoms with Crippen molar-refractivity contribution in [2.24, 2.45) is 10.4 Å². The van der Waals surface area contributed by atoms with Crippen LogP contribution in [0.5, 0.6) is 0 Å². The molecule has 0 radical (unpaired) electrons. The first-order valence-electron chi connectivity index (χ1n) is 8.40. The third-order valence-corrected chi connectivity index (χ3v) is 6.41. The summed E-state index contributed by atoms with van der Waals surface area (Å²) in [5, 5.41) is 13.9. The molecule has 4 nitrogen and oxygen atoms in total. The quantitative estimate of drug-likeness (QED) is 0.604. The van der Waals surface area contributed by atoms with E-state index in [0.29, 0.717) is 12.0 Å². The first-order valence-corrected chi connectivity index (χ1v) is 9.55. The van der Waals surface area contributed by atoms with Crippen molar-refractivity contribution in [1.29, 1.82) is 0 Å². The molecule has 2 saturated heterocycles. The summed E-state index contributed by atoms with van der Waals surface area (Å²) >= 11 is 1.83. The molecule has 0 aromatic rings. The summed E-state index contributed by atoms with van der Waals surface area (Å²) in [5.41, 5.74) is -0.131. The van der Waals surface area contributed by atoms with Crippen molar-refractivity contribution < 1.29 is 5.11 Å². The highest BCUT2D eigenvalue weighted by molar-refractivity contribution is 7.99. The molecule has 0 aromatic heterocycles. The molecule has 1 unspecified atom stereocenters. The average Bonchev–Trinajstić information content (AvgIpc) is 3.11. The minimum absolute atomic E-state index is 0.455. The Morgan fingerprint density at radius 2 is 2.05 bits per heavy atom. The molecule has 2 heterocycles. The lowest BCUT2D eigenvalue weighted by molar-refractivity contribution is 0.0776. The van der Waals surface area contributed by atoms with Crippen LogP contribution in [-0.2, 0) is 0 Å². The van der Waals surface area contributed by atoms with Gasteiger partial charge in [-0.25, -0.2) is 0 Å². The molecule has 2 aliphatic heterocycles. The smallest absolute Gasteiger partial charge is 0.194 e. The van der Waals surface area contributed by atoms with Crippen molar-refractivity contribution in [3.63, 3.8) is 0 Å². The summed E-state index contributed by atoms with van der Waals surface area (Å²) in [4.78, 5) is 7.14. The summed E-state index contributed by atoms with van der Waals surface area (Å²) in [5.74, 6) is 2.87. The van der Waals surface area contributed by atoms with E-state index < -0.39 is 5.60 Å². The Balaban J connectivity index is 2.02. The molecule has 0 amide bonds. The number of guanidine groups is 1. The molecule has 0 spiro atoms. The van der Waals surface area contributed by atoms with Crippen LogP contribution in [0.2, 0.25) is 0 Å². The van der Waals surface area contributed by atoms with Crippen LogP contribution >= 0.6 is 11.8 Å². The number of aliphatic imine (C=N–C) groups is 1. The standard InChI is InChI=1S/C16H31N3OS/c1-4-15(5-2)7-9-19(12-15)14(17-6-3)18-11-16(20)8-10-21-13-16/h20H,4-13H2,1-3H3,(H,17,18). The molecular weight excluding hydrogens is 282 g/mol. The summed E-state index contributed by atoms with van der Waals surface area (Å²) in [6.45, 7) is 10.3. The largest absolute Gasteiger partial charge is 0.387 e. The fraction of sp³-hybridized carbons (Fsp3) is 0.938. The zero-order valence-electron chi connectivity index (χ0n) is 13.8. The van der Waals surface area contributed by atoms with E-state index in [4.69, 9.17) is 4.99 Å². The molecule has 2 rings (SSSR count). The van der Waals surface area contributed by atoms with Crippen molar-refractivity contribution >= 4 is 17.7 Å². The first kappa shape index (κ1) is 16.9. The van der Waals surface area contributed by atoms with Gasteiger partial charge in [-0.2, -0.15) is 11.8 Å². The molecule has 122 valence electrons. The van der Waals surface area contributed by atoms with Gasteiger partial charge in [0.2, 0.25) is 0 Å². The van der Waals surface area contributed by atoms with E-state index in [1.54, 1.807) is 0 Å². The number of aliphatic hydroxyl groups is 1. The molecule has 0 aromatic carbocycles. The van der Waals surface area contributed by atoms with Crippen molar-refractivity contribution in [2.45, 2.75) is 52.1 Å². The Kier molecular flexibility index (Phi) is 5.83. The first-order chi connectivity index (χ1) is 10.1. The van der Waals surface area contributed by atoms with Gasteiger partial charge < -0.3 is 15.3 Å². The Morgan fingerprint density at radius 1 is 1.29 bits per heavy atom. The van der Waals surface area contributed by atoms with Crippen molar-refractivity contribution in [3.05, 3.63) is 0 Å².